The first-order valence-electron chi connectivity index (χ1n) is 14.3. The predicted molar refractivity (Wildman–Crippen MR) is 162 cm³/mol. The number of amides is 1. The molecule has 0 saturated carbocycles. The van der Waals surface area contributed by atoms with Crippen molar-refractivity contribution in [2.45, 2.75) is 18.9 Å². The highest BCUT2D eigenvalue weighted by Crippen LogP contribution is 2.41. The normalized spacial score (nSPS) is 14.2. The molecule has 0 atom stereocenters. The lowest BCUT2D eigenvalue weighted by molar-refractivity contribution is 0.0374. The van der Waals surface area contributed by atoms with Gasteiger partial charge < -0.3 is 29.7 Å². The molecule has 4 aromatic rings. The van der Waals surface area contributed by atoms with Gasteiger partial charge in [0.05, 0.1) is 13.2 Å². The molecule has 0 radical (unpaired) electrons. The van der Waals surface area contributed by atoms with Gasteiger partial charge >= 0.3 is 0 Å². The molecule has 1 saturated heterocycles. The van der Waals surface area contributed by atoms with E-state index in [1.807, 2.05) is 50.5 Å². The summed E-state index contributed by atoms with van der Waals surface area (Å²) in [5.41, 5.74) is 4.47. The number of aromatic hydroxyl groups is 2. The number of phenols is 2. The van der Waals surface area contributed by atoms with Crippen molar-refractivity contribution in [2.24, 2.45) is 0 Å². The molecule has 1 amide bonds. The number of morpholine rings is 1. The van der Waals surface area contributed by atoms with Gasteiger partial charge in [0.2, 0.25) is 0 Å². The number of aromatic nitrogens is 1. The maximum absolute atomic E-state index is 14.2. The van der Waals surface area contributed by atoms with Gasteiger partial charge in [-0.2, -0.15) is 0 Å². The fraction of sp³-hybridized carbons (Fsp3) is 0.364. The molecule has 1 aromatic heterocycles. The number of nitrogens with zero attached hydrogens (tertiary/aromatic N) is 3. The van der Waals surface area contributed by atoms with Gasteiger partial charge in [0, 0.05) is 55.1 Å². The Kier molecular flexibility index (Phi) is 9.24. The van der Waals surface area contributed by atoms with Crippen molar-refractivity contribution in [3.8, 4) is 11.5 Å². The standard InChI is InChI=1S/C33H40N4O4/c1-35(2)18-19-37-29-7-4-3-6-28(29)31(32(37)33(40)34-16-5-17-36-20-22-41-23-21-36)30(24-8-12-26(38)13-9-24)25-10-14-27(39)15-11-25/h3-4,6-15,30,38-39H,5,16-23H2,1-2H3,(H,34,40). The number of hydrogen-bond donors (Lipinski definition) is 3. The van der Waals surface area contributed by atoms with E-state index >= 15 is 0 Å². The third-order valence-electron chi connectivity index (χ3n) is 7.78. The number of para-hydroxylation sites is 1. The SMILES string of the molecule is CN(C)CCn1c(C(=O)NCCCN2CCOCC2)c(C(c2ccc(O)cc2)c2ccc(O)cc2)c2ccccc21. The Morgan fingerprint density at radius 1 is 0.902 bits per heavy atom. The Hall–Kier alpha value is -3.85. The first-order chi connectivity index (χ1) is 19.9. The molecule has 5 rings (SSSR count). The van der Waals surface area contributed by atoms with Crippen LogP contribution in [0.15, 0.2) is 72.8 Å². The van der Waals surface area contributed by atoms with Crippen molar-refractivity contribution >= 4 is 16.8 Å². The Bertz CT molecular complexity index is 1400. The molecule has 1 fully saturated rings. The Labute approximate surface area is 241 Å². The largest absolute Gasteiger partial charge is 0.508 e. The summed E-state index contributed by atoms with van der Waals surface area (Å²) in [5, 5.41) is 24.4. The van der Waals surface area contributed by atoms with Crippen LogP contribution in [0, 0.1) is 0 Å². The lowest BCUT2D eigenvalue weighted by Crippen LogP contribution is -2.38. The molecular weight excluding hydrogens is 516 g/mol. The molecule has 8 heteroatoms. The average molecular weight is 557 g/mol. The van der Waals surface area contributed by atoms with E-state index in [1.165, 1.54) is 0 Å². The molecule has 0 aliphatic carbocycles. The van der Waals surface area contributed by atoms with Crippen molar-refractivity contribution in [1.82, 2.24) is 19.7 Å². The zero-order chi connectivity index (χ0) is 28.8. The van der Waals surface area contributed by atoms with E-state index in [0.717, 1.165) is 73.4 Å². The van der Waals surface area contributed by atoms with Crippen LogP contribution in [-0.2, 0) is 11.3 Å². The summed E-state index contributed by atoms with van der Waals surface area (Å²) in [6, 6.07) is 22.5. The molecule has 3 aromatic carbocycles. The smallest absolute Gasteiger partial charge is 0.268 e. The third kappa shape index (κ3) is 6.73. The predicted octanol–water partition coefficient (Wildman–Crippen LogP) is 4.25. The number of hydrogen-bond acceptors (Lipinski definition) is 6. The number of ether oxygens (including phenoxy) is 1. The van der Waals surface area contributed by atoms with Crippen molar-refractivity contribution in [3.63, 3.8) is 0 Å². The fourth-order valence-corrected chi connectivity index (χ4v) is 5.67. The van der Waals surface area contributed by atoms with Crippen LogP contribution in [0.2, 0.25) is 0 Å². The number of likely N-dealkylation sites (N-methyl/N-ethyl adjacent to an activating group) is 1. The van der Waals surface area contributed by atoms with Gasteiger partial charge in [-0.25, -0.2) is 0 Å². The first kappa shape index (κ1) is 28.7. The van der Waals surface area contributed by atoms with Crippen molar-refractivity contribution in [1.29, 1.82) is 0 Å². The molecular formula is C33H40N4O4. The Morgan fingerprint density at radius 2 is 1.51 bits per heavy atom. The van der Waals surface area contributed by atoms with E-state index in [0.29, 0.717) is 18.8 Å². The topological polar surface area (TPSA) is 90.2 Å². The fourth-order valence-electron chi connectivity index (χ4n) is 5.67. The average Bonchev–Trinajstić information content (AvgIpc) is 3.31. The summed E-state index contributed by atoms with van der Waals surface area (Å²) in [4.78, 5) is 18.7. The minimum absolute atomic E-state index is 0.0977. The second-order valence-electron chi connectivity index (χ2n) is 10.9. The highest BCUT2D eigenvalue weighted by atomic mass is 16.5. The van der Waals surface area contributed by atoms with Crippen LogP contribution in [-0.4, -0.2) is 90.5 Å². The summed E-state index contributed by atoms with van der Waals surface area (Å²) < 4.78 is 7.61. The number of nitrogens with one attached hydrogen (secondary N) is 1. The summed E-state index contributed by atoms with van der Waals surface area (Å²) >= 11 is 0. The van der Waals surface area contributed by atoms with Gasteiger partial charge in [-0.1, -0.05) is 42.5 Å². The molecule has 8 nitrogen and oxygen atoms in total. The van der Waals surface area contributed by atoms with E-state index in [1.54, 1.807) is 24.3 Å². The van der Waals surface area contributed by atoms with Crippen LogP contribution >= 0.6 is 0 Å². The maximum atomic E-state index is 14.2. The van der Waals surface area contributed by atoms with Crippen LogP contribution in [0.25, 0.3) is 10.9 Å². The Morgan fingerprint density at radius 3 is 2.12 bits per heavy atom. The third-order valence-corrected chi connectivity index (χ3v) is 7.78. The first-order valence-corrected chi connectivity index (χ1v) is 14.3. The van der Waals surface area contributed by atoms with Gasteiger partial charge in [-0.3, -0.25) is 9.69 Å². The molecule has 1 aliphatic rings. The summed E-state index contributed by atoms with van der Waals surface area (Å²) in [5.74, 6) is -0.0231. The highest BCUT2D eigenvalue weighted by molar-refractivity contribution is 6.02. The van der Waals surface area contributed by atoms with Gasteiger partial charge in [-0.15, -0.1) is 0 Å². The van der Waals surface area contributed by atoms with E-state index in [9.17, 15) is 15.0 Å². The maximum Gasteiger partial charge on any atom is 0.268 e. The van der Waals surface area contributed by atoms with Crippen LogP contribution in [0.3, 0.4) is 0 Å². The molecule has 216 valence electrons. The number of benzene rings is 3. The van der Waals surface area contributed by atoms with Crippen LogP contribution in [0.4, 0.5) is 0 Å². The van der Waals surface area contributed by atoms with Gasteiger partial charge in [0.15, 0.2) is 0 Å². The second-order valence-corrected chi connectivity index (χ2v) is 10.9. The minimum Gasteiger partial charge on any atom is -0.508 e. The molecule has 0 unspecified atom stereocenters. The molecule has 3 N–H and O–H groups in total. The Balaban J connectivity index is 1.59. The van der Waals surface area contributed by atoms with Crippen molar-refractivity contribution < 1.29 is 19.7 Å². The van der Waals surface area contributed by atoms with Gasteiger partial charge in [0.1, 0.15) is 17.2 Å². The number of carbonyl (C=O) groups excluding carboxylic acids is 1. The van der Waals surface area contributed by atoms with Crippen molar-refractivity contribution in [3.05, 3.63) is 95.2 Å². The zero-order valence-electron chi connectivity index (χ0n) is 23.9. The molecule has 0 spiro atoms. The van der Waals surface area contributed by atoms with Crippen LogP contribution in [0.1, 0.15) is 39.5 Å². The van der Waals surface area contributed by atoms with E-state index in [2.05, 4.69) is 31.8 Å². The number of carbonyl (C=O) groups is 1. The van der Waals surface area contributed by atoms with E-state index < -0.39 is 0 Å². The lowest BCUT2D eigenvalue weighted by Gasteiger charge is -2.26. The van der Waals surface area contributed by atoms with Crippen LogP contribution < -0.4 is 5.32 Å². The quantitative estimate of drug-likeness (QED) is 0.240. The summed E-state index contributed by atoms with van der Waals surface area (Å²) in [6.45, 7) is 6.31. The monoisotopic (exact) mass is 556 g/mol. The van der Waals surface area contributed by atoms with E-state index in [4.69, 9.17) is 4.74 Å². The summed E-state index contributed by atoms with van der Waals surface area (Å²) in [6.07, 6.45) is 0.859. The molecule has 2 heterocycles. The lowest BCUT2D eigenvalue weighted by atomic mass is 9.83. The van der Waals surface area contributed by atoms with Crippen LogP contribution in [0.5, 0.6) is 11.5 Å². The second kappa shape index (κ2) is 13.2. The van der Waals surface area contributed by atoms with Gasteiger partial charge in [0.25, 0.3) is 5.91 Å². The number of fused-ring (bicyclic) bond motifs is 1. The molecule has 1 aliphatic heterocycles. The highest BCUT2D eigenvalue weighted by Gasteiger charge is 2.30. The summed E-state index contributed by atoms with van der Waals surface area (Å²) in [7, 11) is 4.07. The molecule has 41 heavy (non-hydrogen) atoms. The number of phenolic OH excluding ortho intramolecular Hbond substituents is 2. The van der Waals surface area contributed by atoms with Crippen molar-refractivity contribution in [2.75, 3.05) is 60.0 Å². The van der Waals surface area contributed by atoms with E-state index in [-0.39, 0.29) is 23.3 Å². The van der Waals surface area contributed by atoms with Gasteiger partial charge in [-0.05, 0) is 68.5 Å². The molecule has 0 bridgehead atoms. The number of rotatable bonds is 11. The zero-order valence-corrected chi connectivity index (χ0v) is 23.9. The minimum atomic E-state index is -0.296.